The molecule has 0 heterocycles. The van der Waals surface area contributed by atoms with Gasteiger partial charge in [-0.2, -0.15) is 0 Å². The van der Waals surface area contributed by atoms with E-state index in [0.717, 1.165) is 17.7 Å². The molecule has 0 saturated carbocycles. The Morgan fingerprint density at radius 1 is 1.39 bits per heavy atom. The van der Waals surface area contributed by atoms with Crippen LogP contribution in [0.4, 0.5) is 5.69 Å². The molecule has 0 fully saturated rings. The molecule has 0 radical (unpaired) electrons. The van der Waals surface area contributed by atoms with Gasteiger partial charge in [0.25, 0.3) is 5.91 Å². The van der Waals surface area contributed by atoms with E-state index in [0.29, 0.717) is 13.1 Å². The lowest BCUT2D eigenvalue weighted by Crippen LogP contribution is -2.39. The largest absolute Gasteiger partial charge is 0.372 e. The normalized spacial score (nSPS) is 12.2. The first-order chi connectivity index (χ1) is 8.63. The Balaban J connectivity index is 2.92. The zero-order valence-corrected chi connectivity index (χ0v) is 11.3. The second-order valence-electron chi connectivity index (χ2n) is 4.24. The van der Waals surface area contributed by atoms with E-state index >= 15 is 0 Å². The molecule has 0 aliphatic rings. The third-order valence-electron chi connectivity index (χ3n) is 2.90. The van der Waals surface area contributed by atoms with Gasteiger partial charge in [0.1, 0.15) is 6.10 Å². The summed E-state index contributed by atoms with van der Waals surface area (Å²) in [5.74, 6) is -0.0140. The fourth-order valence-electron chi connectivity index (χ4n) is 1.72. The van der Waals surface area contributed by atoms with Crippen LogP contribution in [0.1, 0.15) is 25.8 Å². The molecule has 0 aromatic heterocycles. The van der Waals surface area contributed by atoms with Crippen LogP contribution in [0.3, 0.4) is 0 Å². The molecule has 1 aromatic carbocycles. The lowest BCUT2D eigenvalue weighted by atomic mass is 10.2. The predicted octanol–water partition coefficient (Wildman–Crippen LogP) is 1.92. The van der Waals surface area contributed by atoms with Crippen molar-refractivity contribution in [1.29, 1.82) is 0 Å². The van der Waals surface area contributed by atoms with Crippen molar-refractivity contribution < 1.29 is 9.53 Å². The zero-order chi connectivity index (χ0) is 13.5. The molecule has 1 rings (SSSR count). The van der Waals surface area contributed by atoms with Gasteiger partial charge < -0.3 is 15.4 Å². The minimum Gasteiger partial charge on any atom is -0.372 e. The number of nitrogens with zero attached hydrogens (tertiary/aromatic N) is 1. The van der Waals surface area contributed by atoms with Crippen LogP contribution in [0.5, 0.6) is 0 Å². The lowest BCUT2D eigenvalue weighted by Gasteiger charge is -2.25. The zero-order valence-electron chi connectivity index (χ0n) is 11.3. The third kappa shape index (κ3) is 3.55. The van der Waals surface area contributed by atoms with Crippen LogP contribution in [0.15, 0.2) is 24.3 Å². The summed E-state index contributed by atoms with van der Waals surface area (Å²) < 4.78 is 5.09. The summed E-state index contributed by atoms with van der Waals surface area (Å²) in [6.07, 6.45) is 0.478. The summed E-state index contributed by atoms with van der Waals surface area (Å²) in [6, 6.07) is 7.75. The maximum Gasteiger partial charge on any atom is 0.255 e. The highest BCUT2D eigenvalue weighted by atomic mass is 16.5. The lowest BCUT2D eigenvalue weighted by molar-refractivity contribution is -0.127. The SMILES string of the molecule is CCCN(C(=O)C(C)OC)c1ccc(CN)cc1. The van der Waals surface area contributed by atoms with Crippen molar-refractivity contribution in [3.05, 3.63) is 29.8 Å². The smallest absolute Gasteiger partial charge is 0.255 e. The molecule has 1 atom stereocenters. The van der Waals surface area contributed by atoms with E-state index in [2.05, 4.69) is 0 Å². The van der Waals surface area contributed by atoms with Gasteiger partial charge in [-0.25, -0.2) is 0 Å². The van der Waals surface area contributed by atoms with E-state index in [9.17, 15) is 4.79 Å². The van der Waals surface area contributed by atoms with Crippen molar-refractivity contribution in [2.75, 3.05) is 18.6 Å². The molecule has 0 aliphatic carbocycles. The number of hydrogen-bond acceptors (Lipinski definition) is 3. The van der Waals surface area contributed by atoms with E-state index in [4.69, 9.17) is 10.5 Å². The fourth-order valence-corrected chi connectivity index (χ4v) is 1.72. The highest BCUT2D eigenvalue weighted by molar-refractivity contribution is 5.96. The number of rotatable bonds is 6. The second kappa shape index (κ2) is 7.13. The molecule has 0 spiro atoms. The van der Waals surface area contributed by atoms with Gasteiger partial charge in [-0.3, -0.25) is 4.79 Å². The number of hydrogen-bond donors (Lipinski definition) is 1. The van der Waals surface area contributed by atoms with E-state index in [1.165, 1.54) is 0 Å². The second-order valence-corrected chi connectivity index (χ2v) is 4.24. The van der Waals surface area contributed by atoms with Crippen LogP contribution in [-0.4, -0.2) is 25.7 Å². The summed E-state index contributed by atoms with van der Waals surface area (Å²) in [6.45, 7) is 5.01. The van der Waals surface area contributed by atoms with Crippen molar-refractivity contribution in [2.45, 2.75) is 32.9 Å². The summed E-state index contributed by atoms with van der Waals surface area (Å²) in [4.78, 5) is 14.0. The molecule has 18 heavy (non-hydrogen) atoms. The Kier molecular flexibility index (Phi) is 5.82. The van der Waals surface area contributed by atoms with Crippen molar-refractivity contribution >= 4 is 11.6 Å². The van der Waals surface area contributed by atoms with Crippen LogP contribution in [0.2, 0.25) is 0 Å². The number of anilines is 1. The van der Waals surface area contributed by atoms with Gasteiger partial charge in [-0.15, -0.1) is 0 Å². The van der Waals surface area contributed by atoms with Gasteiger partial charge in [0, 0.05) is 25.9 Å². The predicted molar refractivity (Wildman–Crippen MR) is 73.4 cm³/mol. The van der Waals surface area contributed by atoms with Gasteiger partial charge in [0.05, 0.1) is 0 Å². The van der Waals surface area contributed by atoms with Gasteiger partial charge in [0.15, 0.2) is 0 Å². The maximum atomic E-state index is 12.2. The Labute approximate surface area is 109 Å². The van der Waals surface area contributed by atoms with Crippen molar-refractivity contribution in [3.8, 4) is 0 Å². The monoisotopic (exact) mass is 250 g/mol. The number of ether oxygens (including phenoxy) is 1. The van der Waals surface area contributed by atoms with Gasteiger partial charge in [-0.1, -0.05) is 19.1 Å². The molecule has 4 heteroatoms. The van der Waals surface area contributed by atoms with Gasteiger partial charge in [-0.05, 0) is 31.0 Å². The molecule has 1 unspecified atom stereocenters. The first-order valence-corrected chi connectivity index (χ1v) is 6.27. The standard InChI is InChI=1S/C14H22N2O2/c1-4-9-16(14(17)11(2)18-3)13-7-5-12(10-15)6-8-13/h5-8,11H,4,9-10,15H2,1-3H3. The number of amides is 1. The quantitative estimate of drug-likeness (QED) is 0.839. The maximum absolute atomic E-state index is 12.2. The molecular weight excluding hydrogens is 228 g/mol. The molecule has 2 N–H and O–H groups in total. The fraction of sp³-hybridized carbons (Fsp3) is 0.500. The van der Waals surface area contributed by atoms with Crippen molar-refractivity contribution in [3.63, 3.8) is 0 Å². The Morgan fingerprint density at radius 2 is 2.00 bits per heavy atom. The topological polar surface area (TPSA) is 55.6 Å². The molecule has 0 bridgehead atoms. The van der Waals surface area contributed by atoms with E-state index < -0.39 is 6.10 Å². The first kappa shape index (κ1) is 14.7. The number of carbonyl (C=O) groups is 1. The van der Waals surface area contributed by atoms with Gasteiger partial charge >= 0.3 is 0 Å². The molecular formula is C14H22N2O2. The van der Waals surface area contributed by atoms with Crippen molar-refractivity contribution in [1.82, 2.24) is 0 Å². The highest BCUT2D eigenvalue weighted by Gasteiger charge is 2.20. The average molecular weight is 250 g/mol. The Morgan fingerprint density at radius 3 is 2.44 bits per heavy atom. The van der Waals surface area contributed by atoms with E-state index in [1.807, 2.05) is 31.2 Å². The summed E-state index contributed by atoms with van der Waals surface area (Å²) in [5, 5.41) is 0. The van der Waals surface area contributed by atoms with Crippen LogP contribution >= 0.6 is 0 Å². The highest BCUT2D eigenvalue weighted by Crippen LogP contribution is 2.17. The molecule has 100 valence electrons. The summed E-state index contributed by atoms with van der Waals surface area (Å²) in [5.41, 5.74) is 7.51. The molecule has 0 saturated heterocycles. The molecule has 4 nitrogen and oxygen atoms in total. The van der Waals surface area contributed by atoms with E-state index in [1.54, 1.807) is 18.9 Å². The third-order valence-corrected chi connectivity index (χ3v) is 2.90. The number of carbonyl (C=O) groups excluding carboxylic acids is 1. The number of benzene rings is 1. The first-order valence-electron chi connectivity index (χ1n) is 6.27. The molecule has 1 aromatic rings. The van der Waals surface area contributed by atoms with Crippen LogP contribution in [0, 0.1) is 0 Å². The molecule has 0 aliphatic heterocycles. The summed E-state index contributed by atoms with van der Waals surface area (Å²) >= 11 is 0. The minimum atomic E-state index is -0.425. The summed E-state index contributed by atoms with van der Waals surface area (Å²) in [7, 11) is 1.55. The Hall–Kier alpha value is -1.39. The van der Waals surface area contributed by atoms with Gasteiger partial charge in [0.2, 0.25) is 0 Å². The Bertz CT molecular complexity index is 376. The number of nitrogens with two attached hydrogens (primary N) is 1. The number of methoxy groups -OCH3 is 1. The van der Waals surface area contributed by atoms with Crippen molar-refractivity contribution in [2.24, 2.45) is 5.73 Å². The minimum absolute atomic E-state index is 0.0140. The molecule has 1 amide bonds. The van der Waals surface area contributed by atoms with Crippen LogP contribution in [0.25, 0.3) is 0 Å². The average Bonchev–Trinajstić information content (AvgIpc) is 2.43. The van der Waals surface area contributed by atoms with Crippen LogP contribution in [-0.2, 0) is 16.1 Å². The van der Waals surface area contributed by atoms with E-state index in [-0.39, 0.29) is 5.91 Å². The van der Waals surface area contributed by atoms with Crippen LogP contribution < -0.4 is 10.6 Å².